The molecular weight excluding hydrogens is 352 g/mol. The fraction of sp³-hybridized carbons (Fsp3) is 0.263. The number of hydrogen-bond donors (Lipinski definition) is 2. The first-order chi connectivity index (χ1) is 12.8. The van der Waals surface area contributed by atoms with Crippen molar-refractivity contribution in [3.8, 4) is 0 Å². The summed E-state index contributed by atoms with van der Waals surface area (Å²) in [6, 6.07) is 13.2. The Labute approximate surface area is 155 Å². The highest BCUT2D eigenvalue weighted by Crippen LogP contribution is 2.29. The summed E-state index contributed by atoms with van der Waals surface area (Å²) in [6.45, 7) is 2.96. The van der Waals surface area contributed by atoms with Crippen LogP contribution in [0, 0.1) is 10.1 Å². The molecule has 142 valence electrons. The highest BCUT2D eigenvalue weighted by atomic mass is 16.6. The maximum atomic E-state index is 12.8. The molecule has 0 aliphatic heterocycles. The van der Waals surface area contributed by atoms with Crippen LogP contribution in [0.1, 0.15) is 29.8 Å². The monoisotopic (exact) mass is 372 g/mol. The Morgan fingerprint density at radius 2 is 1.78 bits per heavy atom. The van der Waals surface area contributed by atoms with E-state index in [2.05, 4.69) is 5.32 Å². The molecular formula is C19H20N2O6. The van der Waals surface area contributed by atoms with Gasteiger partial charge in [0.25, 0.3) is 11.6 Å². The summed E-state index contributed by atoms with van der Waals surface area (Å²) >= 11 is 0. The van der Waals surface area contributed by atoms with Crippen LogP contribution in [0.3, 0.4) is 0 Å². The van der Waals surface area contributed by atoms with Gasteiger partial charge in [0.15, 0.2) is 5.54 Å². The molecule has 0 unspecified atom stereocenters. The maximum absolute atomic E-state index is 12.8. The molecule has 0 heterocycles. The van der Waals surface area contributed by atoms with Crippen LogP contribution >= 0.6 is 0 Å². The minimum absolute atomic E-state index is 0.0293. The smallest absolute Gasteiger partial charge is 0.339 e. The molecule has 8 heteroatoms. The van der Waals surface area contributed by atoms with E-state index in [0.29, 0.717) is 0 Å². The summed E-state index contributed by atoms with van der Waals surface area (Å²) in [5.41, 5.74) is -1.64. The van der Waals surface area contributed by atoms with Crippen LogP contribution in [0.4, 0.5) is 5.69 Å². The van der Waals surface area contributed by atoms with E-state index in [0.717, 1.165) is 0 Å². The molecule has 0 aliphatic rings. The number of nitrogens with one attached hydrogen (secondary N) is 1. The van der Waals surface area contributed by atoms with Crippen LogP contribution in [0.25, 0.3) is 0 Å². The van der Waals surface area contributed by atoms with Crippen molar-refractivity contribution in [1.82, 2.24) is 5.32 Å². The number of carbonyl (C=O) groups excluding carboxylic acids is 2. The van der Waals surface area contributed by atoms with Crippen molar-refractivity contribution in [1.29, 1.82) is 0 Å². The Kier molecular flexibility index (Phi) is 6.25. The van der Waals surface area contributed by atoms with Gasteiger partial charge in [0, 0.05) is 17.7 Å². The average molecular weight is 372 g/mol. The molecule has 0 radical (unpaired) electrons. The number of benzene rings is 2. The lowest BCUT2D eigenvalue weighted by molar-refractivity contribution is -0.384. The predicted molar refractivity (Wildman–Crippen MR) is 97.0 cm³/mol. The second-order valence-corrected chi connectivity index (χ2v) is 5.83. The third-order valence-corrected chi connectivity index (χ3v) is 4.10. The summed E-state index contributed by atoms with van der Waals surface area (Å²) in [7, 11) is 0. The second kappa shape index (κ2) is 8.41. The molecule has 1 amide bonds. The van der Waals surface area contributed by atoms with Gasteiger partial charge in [-0.05, 0) is 43.7 Å². The minimum atomic E-state index is -1.92. The van der Waals surface area contributed by atoms with Gasteiger partial charge in [-0.3, -0.25) is 14.9 Å². The molecule has 27 heavy (non-hydrogen) atoms. The summed E-state index contributed by atoms with van der Waals surface area (Å²) < 4.78 is 5.09. The van der Waals surface area contributed by atoms with E-state index in [-0.39, 0.29) is 23.4 Å². The molecule has 2 aromatic carbocycles. The number of aliphatic hydroxyl groups is 1. The van der Waals surface area contributed by atoms with E-state index in [1.807, 2.05) is 0 Å². The van der Waals surface area contributed by atoms with Gasteiger partial charge in [0.05, 0.1) is 17.6 Å². The van der Waals surface area contributed by atoms with Crippen molar-refractivity contribution >= 4 is 17.6 Å². The zero-order valence-corrected chi connectivity index (χ0v) is 14.9. The number of nitro benzene ring substituents is 1. The lowest BCUT2D eigenvalue weighted by Gasteiger charge is -2.35. The van der Waals surface area contributed by atoms with E-state index in [1.165, 1.54) is 31.2 Å². The number of ether oxygens (including phenoxy) is 1. The number of amides is 1. The van der Waals surface area contributed by atoms with Crippen molar-refractivity contribution in [3.63, 3.8) is 0 Å². The highest BCUT2D eigenvalue weighted by Gasteiger charge is 2.48. The quantitative estimate of drug-likeness (QED) is 0.437. The third kappa shape index (κ3) is 4.12. The molecule has 2 aromatic rings. The minimum Gasteiger partial charge on any atom is -0.464 e. The number of nitro groups is 1. The van der Waals surface area contributed by atoms with E-state index in [4.69, 9.17) is 4.74 Å². The third-order valence-electron chi connectivity index (χ3n) is 4.10. The van der Waals surface area contributed by atoms with Crippen LogP contribution in [-0.2, 0) is 15.1 Å². The number of aliphatic hydroxyl groups excluding tert-OH is 1. The SMILES string of the molecule is CCOC(=O)[C@@](NC(=O)c1ccccc1)(c1ccc([N+](=O)[O-])cc1)[C@@H](C)O. The van der Waals surface area contributed by atoms with E-state index >= 15 is 0 Å². The Morgan fingerprint density at radius 1 is 1.19 bits per heavy atom. The molecule has 0 spiro atoms. The van der Waals surface area contributed by atoms with Crippen LogP contribution in [-0.4, -0.2) is 34.6 Å². The van der Waals surface area contributed by atoms with Crippen LogP contribution in [0.15, 0.2) is 54.6 Å². The van der Waals surface area contributed by atoms with Crippen molar-refractivity contribution in [2.24, 2.45) is 0 Å². The molecule has 0 saturated heterocycles. The second-order valence-electron chi connectivity index (χ2n) is 5.83. The molecule has 8 nitrogen and oxygen atoms in total. The Balaban J connectivity index is 2.54. The van der Waals surface area contributed by atoms with E-state index in [1.54, 1.807) is 37.3 Å². The van der Waals surface area contributed by atoms with Gasteiger partial charge in [0.1, 0.15) is 0 Å². The van der Waals surface area contributed by atoms with Gasteiger partial charge >= 0.3 is 5.97 Å². The lowest BCUT2D eigenvalue weighted by Crippen LogP contribution is -2.59. The van der Waals surface area contributed by atoms with Crippen molar-refractivity contribution < 1.29 is 24.4 Å². The van der Waals surface area contributed by atoms with Gasteiger partial charge in [0.2, 0.25) is 0 Å². The largest absolute Gasteiger partial charge is 0.464 e. The average Bonchev–Trinajstić information content (AvgIpc) is 2.66. The number of carbonyl (C=O) groups is 2. The Bertz CT molecular complexity index is 820. The van der Waals surface area contributed by atoms with Gasteiger partial charge in [-0.25, -0.2) is 4.79 Å². The number of hydrogen-bond acceptors (Lipinski definition) is 6. The topological polar surface area (TPSA) is 119 Å². The maximum Gasteiger partial charge on any atom is 0.339 e. The number of nitrogens with zero attached hydrogens (tertiary/aromatic N) is 1. The molecule has 0 aliphatic carbocycles. The first kappa shape index (κ1) is 20.1. The van der Waals surface area contributed by atoms with Crippen LogP contribution in [0.2, 0.25) is 0 Å². The molecule has 0 aromatic heterocycles. The van der Waals surface area contributed by atoms with Gasteiger partial charge in [-0.15, -0.1) is 0 Å². The van der Waals surface area contributed by atoms with E-state index < -0.39 is 28.4 Å². The number of rotatable bonds is 7. The van der Waals surface area contributed by atoms with Gasteiger partial charge < -0.3 is 15.2 Å². The van der Waals surface area contributed by atoms with Crippen LogP contribution in [0.5, 0.6) is 0 Å². The lowest BCUT2D eigenvalue weighted by atomic mass is 9.84. The summed E-state index contributed by atoms with van der Waals surface area (Å²) in [5, 5.41) is 23.9. The molecule has 0 bridgehead atoms. The van der Waals surface area contributed by atoms with Crippen molar-refractivity contribution in [3.05, 3.63) is 75.8 Å². The molecule has 2 atom stereocenters. The number of esters is 1. The highest BCUT2D eigenvalue weighted by molar-refractivity contribution is 5.98. The van der Waals surface area contributed by atoms with Gasteiger partial charge in [-0.2, -0.15) is 0 Å². The summed E-state index contributed by atoms with van der Waals surface area (Å²) in [5.74, 6) is -1.46. The predicted octanol–water partition coefficient (Wildman–Crippen LogP) is 2.16. The van der Waals surface area contributed by atoms with E-state index in [9.17, 15) is 24.8 Å². The molecule has 0 fully saturated rings. The molecule has 2 N–H and O–H groups in total. The summed E-state index contributed by atoms with van der Waals surface area (Å²) in [6.07, 6.45) is -1.37. The fourth-order valence-corrected chi connectivity index (χ4v) is 2.69. The van der Waals surface area contributed by atoms with Crippen LogP contribution < -0.4 is 5.32 Å². The molecule has 2 rings (SSSR count). The number of non-ortho nitro benzene ring substituents is 1. The molecule has 0 saturated carbocycles. The normalized spacial score (nSPS) is 13.9. The van der Waals surface area contributed by atoms with Crippen molar-refractivity contribution in [2.75, 3.05) is 6.61 Å². The Hall–Kier alpha value is -3.26. The standard InChI is InChI=1S/C19H20N2O6/c1-3-27-18(24)19(13(2)22,15-9-11-16(12-10-15)21(25)26)20-17(23)14-7-5-4-6-8-14/h4-13,22H,3H2,1-2H3,(H,20,23)/t13-,19+/m1/s1. The summed E-state index contributed by atoms with van der Waals surface area (Å²) in [4.78, 5) is 35.8. The fourth-order valence-electron chi connectivity index (χ4n) is 2.69. The van der Waals surface area contributed by atoms with Gasteiger partial charge in [-0.1, -0.05) is 18.2 Å². The zero-order chi connectivity index (χ0) is 20.0. The zero-order valence-electron chi connectivity index (χ0n) is 14.9. The first-order valence-electron chi connectivity index (χ1n) is 8.30. The van der Waals surface area contributed by atoms with Crippen molar-refractivity contribution in [2.45, 2.75) is 25.5 Å². The Morgan fingerprint density at radius 3 is 2.26 bits per heavy atom. The first-order valence-corrected chi connectivity index (χ1v) is 8.30.